The van der Waals surface area contributed by atoms with E-state index in [9.17, 15) is 9.18 Å². The lowest BCUT2D eigenvalue weighted by Crippen LogP contribution is -2.46. The van der Waals surface area contributed by atoms with Crippen LogP contribution in [-0.2, 0) is 4.79 Å². The van der Waals surface area contributed by atoms with Gasteiger partial charge in [-0.25, -0.2) is 4.39 Å². The lowest BCUT2D eigenvalue weighted by atomic mass is 9.88. The van der Waals surface area contributed by atoms with E-state index in [0.717, 1.165) is 5.56 Å². The van der Waals surface area contributed by atoms with E-state index in [0.29, 0.717) is 5.02 Å². The minimum atomic E-state index is -0.431. The van der Waals surface area contributed by atoms with Gasteiger partial charge in [-0.15, -0.1) is 0 Å². The average molecular weight is 380 g/mol. The molecule has 2 aromatic carbocycles. The minimum absolute atomic E-state index is 0.0658. The van der Waals surface area contributed by atoms with Crippen LogP contribution < -0.4 is 16.2 Å². The molecule has 0 saturated carbocycles. The molecule has 0 heterocycles. The molecule has 0 aliphatic carbocycles. The highest BCUT2D eigenvalue weighted by Crippen LogP contribution is 2.25. The summed E-state index contributed by atoms with van der Waals surface area (Å²) in [7, 11) is 0. The number of nitrogens with one attached hydrogen (secondary N) is 3. The van der Waals surface area contributed by atoms with Crippen molar-refractivity contribution < 1.29 is 9.18 Å². The fourth-order valence-corrected chi connectivity index (χ4v) is 2.71. The Morgan fingerprint density at radius 2 is 1.72 bits per heavy atom. The summed E-state index contributed by atoms with van der Waals surface area (Å²) >= 11 is 11.0. The molecule has 0 radical (unpaired) electrons. The van der Waals surface area contributed by atoms with Crippen LogP contribution >= 0.6 is 23.8 Å². The van der Waals surface area contributed by atoms with Crippen LogP contribution in [0.3, 0.4) is 0 Å². The van der Waals surface area contributed by atoms with Crippen LogP contribution in [0, 0.1) is 11.7 Å². The first-order chi connectivity index (χ1) is 11.9. The summed E-state index contributed by atoms with van der Waals surface area (Å²) < 4.78 is 13.6. The van der Waals surface area contributed by atoms with Gasteiger partial charge in [-0.05, 0) is 48.0 Å². The van der Waals surface area contributed by atoms with Crippen molar-refractivity contribution in [2.45, 2.75) is 19.8 Å². The van der Waals surface area contributed by atoms with Gasteiger partial charge in [-0.2, -0.15) is 0 Å². The van der Waals surface area contributed by atoms with Crippen molar-refractivity contribution >= 4 is 40.5 Å². The maximum atomic E-state index is 13.6. The van der Waals surface area contributed by atoms with E-state index >= 15 is 0 Å². The fraction of sp³-hybridized carbons (Fsp3) is 0.222. The third-order valence-corrected chi connectivity index (χ3v) is 4.06. The van der Waals surface area contributed by atoms with Crippen LogP contribution in [0.1, 0.15) is 25.3 Å². The predicted octanol–water partition coefficient (Wildman–Crippen LogP) is 4.24. The van der Waals surface area contributed by atoms with Crippen LogP contribution in [0.15, 0.2) is 48.5 Å². The number of hydrogen-bond acceptors (Lipinski definition) is 2. The second-order valence-corrected chi connectivity index (χ2v) is 6.67. The second kappa shape index (κ2) is 8.78. The van der Waals surface area contributed by atoms with E-state index < -0.39 is 5.82 Å². The van der Waals surface area contributed by atoms with E-state index in [1.807, 2.05) is 26.0 Å². The smallest absolute Gasteiger partial charge is 0.246 e. The Balaban J connectivity index is 1.98. The van der Waals surface area contributed by atoms with Gasteiger partial charge in [0.1, 0.15) is 5.82 Å². The number of halogens is 2. The summed E-state index contributed by atoms with van der Waals surface area (Å²) in [5, 5.41) is 3.40. The topological polar surface area (TPSA) is 53.2 Å². The molecule has 2 rings (SSSR count). The van der Waals surface area contributed by atoms with Gasteiger partial charge in [-0.1, -0.05) is 49.7 Å². The van der Waals surface area contributed by atoms with Crippen LogP contribution in [0.2, 0.25) is 5.02 Å². The first kappa shape index (κ1) is 19.1. The largest absolute Gasteiger partial charge is 0.329 e. The molecule has 0 unspecified atom stereocenters. The minimum Gasteiger partial charge on any atom is -0.329 e. The third-order valence-electron chi connectivity index (χ3n) is 3.60. The van der Waals surface area contributed by atoms with Gasteiger partial charge in [0.2, 0.25) is 5.91 Å². The summed E-state index contributed by atoms with van der Waals surface area (Å²) in [5.41, 5.74) is 6.25. The zero-order valence-electron chi connectivity index (χ0n) is 13.8. The molecule has 4 nitrogen and oxygen atoms in total. The quantitative estimate of drug-likeness (QED) is 0.549. The Kier molecular flexibility index (Phi) is 6.73. The van der Waals surface area contributed by atoms with Gasteiger partial charge in [-0.3, -0.25) is 15.6 Å². The fourth-order valence-electron chi connectivity index (χ4n) is 2.42. The van der Waals surface area contributed by atoms with Gasteiger partial charge in [0.15, 0.2) is 5.11 Å². The molecular weight excluding hydrogens is 361 g/mol. The highest BCUT2D eigenvalue weighted by Gasteiger charge is 2.24. The van der Waals surface area contributed by atoms with Crippen molar-refractivity contribution in [2.24, 2.45) is 5.92 Å². The number of rotatable bonds is 4. The number of benzene rings is 2. The second-order valence-electron chi connectivity index (χ2n) is 5.82. The summed E-state index contributed by atoms with van der Waals surface area (Å²) in [6.07, 6.45) is 0. The lowest BCUT2D eigenvalue weighted by molar-refractivity contribution is -0.124. The molecule has 132 valence electrons. The van der Waals surface area contributed by atoms with Crippen LogP contribution in [-0.4, -0.2) is 11.0 Å². The molecule has 2 aromatic rings. The van der Waals surface area contributed by atoms with E-state index in [1.165, 1.54) is 6.07 Å². The number of carbonyl (C=O) groups is 1. The summed E-state index contributed by atoms with van der Waals surface area (Å²) in [4.78, 5) is 12.5. The monoisotopic (exact) mass is 379 g/mol. The molecule has 0 spiro atoms. The molecule has 3 N–H and O–H groups in total. The number of hydrazine groups is 1. The first-order valence-electron chi connectivity index (χ1n) is 7.75. The average Bonchev–Trinajstić information content (AvgIpc) is 2.57. The molecule has 1 amide bonds. The van der Waals surface area contributed by atoms with Gasteiger partial charge < -0.3 is 5.32 Å². The Morgan fingerprint density at radius 3 is 2.32 bits per heavy atom. The Labute approximate surface area is 156 Å². The van der Waals surface area contributed by atoms with Crippen molar-refractivity contribution in [3.05, 3.63) is 64.9 Å². The number of para-hydroxylation sites is 1. The molecule has 0 saturated heterocycles. The maximum Gasteiger partial charge on any atom is 0.246 e. The van der Waals surface area contributed by atoms with Crippen molar-refractivity contribution in [1.29, 1.82) is 0 Å². The highest BCUT2D eigenvalue weighted by atomic mass is 35.5. The van der Waals surface area contributed by atoms with E-state index in [2.05, 4.69) is 16.2 Å². The van der Waals surface area contributed by atoms with Crippen LogP contribution in [0.5, 0.6) is 0 Å². The van der Waals surface area contributed by atoms with E-state index in [4.69, 9.17) is 23.8 Å². The van der Waals surface area contributed by atoms with Crippen molar-refractivity contribution in [1.82, 2.24) is 10.9 Å². The Morgan fingerprint density at radius 1 is 1.08 bits per heavy atom. The van der Waals surface area contributed by atoms with Gasteiger partial charge >= 0.3 is 0 Å². The SMILES string of the molecule is CC(C)[C@@H](C(=O)NNC(=S)Nc1ccccc1F)c1ccc(Cl)cc1. The molecule has 25 heavy (non-hydrogen) atoms. The molecule has 1 atom stereocenters. The van der Waals surface area contributed by atoms with E-state index in [-0.39, 0.29) is 28.5 Å². The molecule has 0 bridgehead atoms. The van der Waals surface area contributed by atoms with Gasteiger partial charge in [0.05, 0.1) is 11.6 Å². The van der Waals surface area contributed by atoms with Crippen molar-refractivity contribution in [2.75, 3.05) is 5.32 Å². The highest BCUT2D eigenvalue weighted by molar-refractivity contribution is 7.80. The number of amides is 1. The van der Waals surface area contributed by atoms with Crippen molar-refractivity contribution in [3.63, 3.8) is 0 Å². The first-order valence-corrected chi connectivity index (χ1v) is 8.54. The van der Waals surface area contributed by atoms with Crippen molar-refractivity contribution in [3.8, 4) is 0 Å². The molecule has 0 aliphatic heterocycles. The summed E-state index contributed by atoms with van der Waals surface area (Å²) in [5.74, 6) is -0.980. The Bertz CT molecular complexity index is 752. The molecular formula is C18H19ClFN3OS. The predicted molar refractivity (Wildman–Crippen MR) is 103 cm³/mol. The lowest BCUT2D eigenvalue weighted by Gasteiger charge is -2.21. The zero-order valence-corrected chi connectivity index (χ0v) is 15.4. The Hall–Kier alpha value is -2.18. The zero-order chi connectivity index (χ0) is 18.4. The molecule has 0 aliphatic rings. The third kappa shape index (κ3) is 5.41. The standard InChI is InChI=1S/C18H19ClFN3OS/c1-11(2)16(12-7-9-13(19)10-8-12)17(24)22-23-18(25)21-15-6-4-3-5-14(15)20/h3-11,16H,1-2H3,(H,22,24)(H2,21,23,25)/t16-/m1/s1. The normalized spacial score (nSPS) is 11.7. The van der Waals surface area contributed by atoms with Crippen LogP contribution in [0.25, 0.3) is 0 Å². The summed E-state index contributed by atoms with van der Waals surface area (Å²) in [6.45, 7) is 3.91. The number of hydrogen-bond donors (Lipinski definition) is 3. The molecule has 0 aromatic heterocycles. The van der Waals surface area contributed by atoms with Crippen LogP contribution in [0.4, 0.5) is 10.1 Å². The molecule has 0 fully saturated rings. The molecule has 7 heteroatoms. The number of thiocarbonyl (C=S) groups is 1. The number of carbonyl (C=O) groups excluding carboxylic acids is 1. The van der Waals surface area contributed by atoms with E-state index in [1.54, 1.807) is 30.3 Å². The summed E-state index contributed by atoms with van der Waals surface area (Å²) in [6, 6.07) is 13.3. The van der Waals surface area contributed by atoms with Gasteiger partial charge in [0, 0.05) is 5.02 Å². The van der Waals surface area contributed by atoms with Gasteiger partial charge in [0.25, 0.3) is 0 Å². The maximum absolute atomic E-state index is 13.6. The number of anilines is 1.